The minimum atomic E-state index is 0.358. The van der Waals surface area contributed by atoms with E-state index in [9.17, 15) is 9.59 Å². The van der Waals surface area contributed by atoms with Crippen molar-refractivity contribution in [3.63, 3.8) is 0 Å². The molecule has 0 atom stereocenters. The summed E-state index contributed by atoms with van der Waals surface area (Å²) in [6.45, 7) is 0. The number of rotatable bonds is 6. The van der Waals surface area contributed by atoms with Gasteiger partial charge in [0.25, 0.3) is 0 Å². The van der Waals surface area contributed by atoms with Crippen LogP contribution >= 0.6 is 0 Å². The predicted octanol–water partition coefficient (Wildman–Crippen LogP) is 5.11. The van der Waals surface area contributed by atoms with Gasteiger partial charge >= 0.3 is 0 Å². The molecule has 144 valence electrons. The van der Waals surface area contributed by atoms with Crippen molar-refractivity contribution >= 4 is 23.7 Å². The van der Waals surface area contributed by atoms with Crippen molar-refractivity contribution < 1.29 is 9.59 Å². The monoisotopic (exact) mass is 390 g/mol. The second-order valence-corrected chi connectivity index (χ2v) is 6.66. The van der Waals surface area contributed by atoms with Gasteiger partial charge in [0.05, 0.1) is 0 Å². The number of hydrogen-bond acceptors (Lipinski definition) is 4. The summed E-state index contributed by atoms with van der Waals surface area (Å²) in [4.78, 5) is 31.0. The molecule has 0 saturated carbocycles. The second-order valence-electron chi connectivity index (χ2n) is 6.66. The highest BCUT2D eigenvalue weighted by Crippen LogP contribution is 2.36. The molecule has 0 aliphatic rings. The zero-order chi connectivity index (χ0) is 20.8. The SMILES string of the molecule is O=Cc1cc(/C(=C(/c2ccccc2)c2ccnc(C=O)c2)c2ccccc2)ccn1. The summed E-state index contributed by atoms with van der Waals surface area (Å²) in [6, 6.07) is 27.3. The lowest BCUT2D eigenvalue weighted by molar-refractivity contribution is 0.111. The molecule has 2 aromatic carbocycles. The molecule has 2 heterocycles. The fourth-order valence-corrected chi connectivity index (χ4v) is 3.46. The van der Waals surface area contributed by atoms with Crippen molar-refractivity contribution in [2.45, 2.75) is 0 Å². The van der Waals surface area contributed by atoms with Crippen LogP contribution < -0.4 is 0 Å². The van der Waals surface area contributed by atoms with E-state index in [0.717, 1.165) is 46.0 Å². The molecule has 4 nitrogen and oxygen atoms in total. The quantitative estimate of drug-likeness (QED) is 0.339. The van der Waals surface area contributed by atoms with Crippen LogP contribution in [0.4, 0.5) is 0 Å². The molecule has 0 spiro atoms. The van der Waals surface area contributed by atoms with Crippen LogP contribution in [-0.4, -0.2) is 22.5 Å². The molecule has 2 aromatic heterocycles. The normalized spacial score (nSPS) is 11.5. The number of aromatic nitrogens is 2. The molecule has 0 amide bonds. The van der Waals surface area contributed by atoms with Crippen LogP contribution in [0.3, 0.4) is 0 Å². The minimum absolute atomic E-state index is 0.358. The van der Waals surface area contributed by atoms with Crippen LogP contribution in [0.1, 0.15) is 43.2 Å². The van der Waals surface area contributed by atoms with Gasteiger partial charge in [-0.3, -0.25) is 19.6 Å². The van der Waals surface area contributed by atoms with Gasteiger partial charge in [0.1, 0.15) is 11.4 Å². The number of hydrogen-bond donors (Lipinski definition) is 0. The van der Waals surface area contributed by atoms with Gasteiger partial charge in [-0.2, -0.15) is 0 Å². The average Bonchev–Trinajstić information content (AvgIpc) is 2.83. The average molecular weight is 390 g/mol. The van der Waals surface area contributed by atoms with E-state index in [4.69, 9.17) is 0 Å². The molecule has 0 saturated heterocycles. The Labute approximate surface area is 174 Å². The lowest BCUT2D eigenvalue weighted by Gasteiger charge is -2.18. The summed E-state index contributed by atoms with van der Waals surface area (Å²) in [7, 11) is 0. The number of carbonyl (C=O) groups excluding carboxylic acids is 2. The molecule has 4 rings (SSSR count). The van der Waals surface area contributed by atoms with E-state index >= 15 is 0 Å². The summed E-state index contributed by atoms with van der Waals surface area (Å²) in [5.74, 6) is 0. The highest BCUT2D eigenvalue weighted by molar-refractivity contribution is 6.05. The number of carbonyl (C=O) groups is 2. The van der Waals surface area contributed by atoms with Gasteiger partial charge < -0.3 is 0 Å². The Hall–Kier alpha value is -4.18. The third-order valence-corrected chi connectivity index (χ3v) is 4.76. The van der Waals surface area contributed by atoms with Crippen LogP contribution in [0.25, 0.3) is 11.1 Å². The minimum Gasteiger partial charge on any atom is -0.296 e. The van der Waals surface area contributed by atoms with Gasteiger partial charge in [-0.1, -0.05) is 60.7 Å². The highest BCUT2D eigenvalue weighted by atomic mass is 16.1. The van der Waals surface area contributed by atoms with Gasteiger partial charge in [-0.05, 0) is 57.7 Å². The molecular formula is C26H18N2O2. The Morgan fingerprint density at radius 3 is 1.30 bits per heavy atom. The maximum atomic E-state index is 11.4. The highest BCUT2D eigenvalue weighted by Gasteiger charge is 2.17. The molecule has 0 unspecified atom stereocenters. The Bertz CT molecular complexity index is 1120. The Balaban J connectivity index is 2.12. The van der Waals surface area contributed by atoms with Crippen LogP contribution in [0.2, 0.25) is 0 Å². The number of pyridine rings is 2. The van der Waals surface area contributed by atoms with Crippen LogP contribution in [0.15, 0.2) is 97.3 Å². The van der Waals surface area contributed by atoms with E-state index in [1.165, 1.54) is 0 Å². The molecule has 0 N–H and O–H groups in total. The van der Waals surface area contributed by atoms with Crippen LogP contribution in [-0.2, 0) is 0 Å². The predicted molar refractivity (Wildman–Crippen MR) is 117 cm³/mol. The molecular weight excluding hydrogens is 372 g/mol. The molecule has 0 aliphatic heterocycles. The topological polar surface area (TPSA) is 59.9 Å². The van der Waals surface area contributed by atoms with Crippen molar-refractivity contribution in [3.05, 3.63) is 131 Å². The Morgan fingerprint density at radius 2 is 0.933 bits per heavy atom. The zero-order valence-corrected chi connectivity index (χ0v) is 16.1. The number of aldehydes is 2. The van der Waals surface area contributed by atoms with Crippen molar-refractivity contribution in [2.75, 3.05) is 0 Å². The molecule has 0 aliphatic carbocycles. The fourth-order valence-electron chi connectivity index (χ4n) is 3.46. The lowest BCUT2D eigenvalue weighted by Crippen LogP contribution is -2.00. The fraction of sp³-hybridized carbons (Fsp3) is 0. The van der Waals surface area contributed by atoms with Gasteiger partial charge in [-0.15, -0.1) is 0 Å². The van der Waals surface area contributed by atoms with Gasteiger partial charge in [-0.25, -0.2) is 0 Å². The van der Waals surface area contributed by atoms with Gasteiger partial charge in [0.15, 0.2) is 12.6 Å². The zero-order valence-electron chi connectivity index (χ0n) is 16.1. The Kier molecular flexibility index (Phi) is 5.67. The van der Waals surface area contributed by atoms with Gasteiger partial charge in [0.2, 0.25) is 0 Å². The van der Waals surface area contributed by atoms with Crippen LogP contribution in [0, 0.1) is 0 Å². The van der Waals surface area contributed by atoms with Crippen molar-refractivity contribution in [1.29, 1.82) is 0 Å². The lowest BCUT2D eigenvalue weighted by atomic mass is 9.86. The van der Waals surface area contributed by atoms with E-state index in [2.05, 4.69) is 9.97 Å². The number of benzene rings is 2. The first kappa shape index (κ1) is 19.2. The third-order valence-electron chi connectivity index (χ3n) is 4.76. The summed E-state index contributed by atoms with van der Waals surface area (Å²) in [5, 5.41) is 0. The first-order valence-electron chi connectivity index (χ1n) is 9.48. The third kappa shape index (κ3) is 3.98. The van der Waals surface area contributed by atoms with E-state index in [0.29, 0.717) is 11.4 Å². The van der Waals surface area contributed by atoms with Gasteiger partial charge in [0, 0.05) is 12.4 Å². The Morgan fingerprint density at radius 1 is 0.533 bits per heavy atom. The summed E-state index contributed by atoms with van der Waals surface area (Å²) in [5.41, 5.74) is 6.30. The molecule has 0 fully saturated rings. The molecule has 0 radical (unpaired) electrons. The van der Waals surface area contributed by atoms with Crippen LogP contribution in [0.5, 0.6) is 0 Å². The summed E-state index contributed by atoms with van der Waals surface area (Å²) in [6.07, 6.45) is 4.75. The number of nitrogens with zero attached hydrogens (tertiary/aromatic N) is 2. The first-order chi connectivity index (χ1) is 14.8. The second kappa shape index (κ2) is 8.88. The summed E-state index contributed by atoms with van der Waals surface area (Å²) >= 11 is 0. The van der Waals surface area contributed by atoms with Crippen molar-refractivity contribution in [3.8, 4) is 0 Å². The van der Waals surface area contributed by atoms with E-state index in [1.807, 2.05) is 72.8 Å². The van der Waals surface area contributed by atoms with E-state index in [-0.39, 0.29) is 0 Å². The largest absolute Gasteiger partial charge is 0.296 e. The van der Waals surface area contributed by atoms with E-state index < -0.39 is 0 Å². The maximum absolute atomic E-state index is 11.4. The van der Waals surface area contributed by atoms with Crippen molar-refractivity contribution in [2.24, 2.45) is 0 Å². The van der Waals surface area contributed by atoms with E-state index in [1.54, 1.807) is 24.5 Å². The molecule has 30 heavy (non-hydrogen) atoms. The standard InChI is InChI=1S/C26H18N2O2/c29-17-23-15-21(11-13-27-23)25(19-7-3-1-4-8-19)26(20-9-5-2-6-10-20)22-12-14-28-24(16-22)18-30/h1-18H/b26-25-. The van der Waals surface area contributed by atoms with Crippen molar-refractivity contribution in [1.82, 2.24) is 9.97 Å². The first-order valence-corrected chi connectivity index (χ1v) is 9.48. The molecule has 0 bridgehead atoms. The molecule has 4 heteroatoms. The smallest absolute Gasteiger partial charge is 0.168 e. The summed E-state index contributed by atoms with van der Waals surface area (Å²) < 4.78 is 0. The molecule has 4 aromatic rings. The maximum Gasteiger partial charge on any atom is 0.168 e.